The standard InChI is InChI=1S/C20H20N4O/c1-15-13-24(18-9-3-2-4-10-18)22-19(15)21-20(25)23-12-11-16-7-5-6-8-17(16)14-23/h2-10,13H,11-12,14H2,1H3,(H,21,22,25). The molecule has 1 aliphatic rings. The molecule has 0 saturated carbocycles. The van der Waals surface area contributed by atoms with Gasteiger partial charge in [0.1, 0.15) is 0 Å². The van der Waals surface area contributed by atoms with Gasteiger partial charge < -0.3 is 4.90 Å². The summed E-state index contributed by atoms with van der Waals surface area (Å²) in [6.45, 7) is 3.31. The molecule has 5 nitrogen and oxygen atoms in total. The summed E-state index contributed by atoms with van der Waals surface area (Å²) in [6, 6.07) is 18.1. The summed E-state index contributed by atoms with van der Waals surface area (Å²) in [4.78, 5) is 14.5. The number of nitrogens with one attached hydrogen (secondary N) is 1. The first-order chi connectivity index (χ1) is 12.2. The molecule has 0 atom stereocenters. The van der Waals surface area contributed by atoms with E-state index in [4.69, 9.17) is 0 Å². The third-order valence-corrected chi connectivity index (χ3v) is 4.56. The van der Waals surface area contributed by atoms with Crippen molar-refractivity contribution < 1.29 is 4.79 Å². The molecule has 5 heteroatoms. The highest BCUT2D eigenvalue weighted by molar-refractivity contribution is 5.89. The fraction of sp³-hybridized carbons (Fsp3) is 0.200. The molecule has 0 saturated heterocycles. The van der Waals surface area contributed by atoms with Crippen LogP contribution < -0.4 is 5.32 Å². The first-order valence-electron chi connectivity index (χ1n) is 8.45. The van der Waals surface area contributed by atoms with Crippen LogP contribution in [0.25, 0.3) is 5.69 Å². The van der Waals surface area contributed by atoms with Crippen molar-refractivity contribution in [3.05, 3.63) is 77.5 Å². The van der Waals surface area contributed by atoms with Crippen molar-refractivity contribution >= 4 is 11.8 Å². The number of carbonyl (C=O) groups is 1. The van der Waals surface area contributed by atoms with Crippen molar-refractivity contribution in [1.82, 2.24) is 14.7 Å². The Bertz CT molecular complexity index is 901. The number of benzene rings is 2. The quantitative estimate of drug-likeness (QED) is 0.776. The maximum atomic E-state index is 12.6. The molecule has 2 amide bonds. The number of anilines is 1. The number of para-hydroxylation sites is 1. The van der Waals surface area contributed by atoms with Crippen LogP contribution in [0.3, 0.4) is 0 Å². The highest BCUT2D eigenvalue weighted by Gasteiger charge is 2.21. The second kappa shape index (κ2) is 6.43. The van der Waals surface area contributed by atoms with Crippen molar-refractivity contribution in [2.24, 2.45) is 0 Å². The highest BCUT2D eigenvalue weighted by Crippen LogP contribution is 2.20. The summed E-state index contributed by atoms with van der Waals surface area (Å²) in [5.41, 5.74) is 4.46. The second-order valence-corrected chi connectivity index (χ2v) is 6.31. The lowest BCUT2D eigenvalue weighted by atomic mass is 10.0. The van der Waals surface area contributed by atoms with Gasteiger partial charge in [0.2, 0.25) is 0 Å². The molecule has 0 fully saturated rings. The Labute approximate surface area is 146 Å². The minimum Gasteiger partial charge on any atom is -0.320 e. The molecule has 2 aromatic carbocycles. The SMILES string of the molecule is Cc1cn(-c2ccccc2)nc1NC(=O)N1CCc2ccccc2C1. The molecule has 25 heavy (non-hydrogen) atoms. The number of aromatic nitrogens is 2. The van der Waals surface area contributed by atoms with Crippen LogP contribution in [-0.4, -0.2) is 27.3 Å². The van der Waals surface area contributed by atoms with E-state index in [1.807, 2.05) is 60.5 Å². The third-order valence-electron chi connectivity index (χ3n) is 4.56. The molecule has 1 aromatic heterocycles. The molecular weight excluding hydrogens is 312 g/mol. The van der Waals surface area contributed by atoms with Crippen molar-refractivity contribution in [1.29, 1.82) is 0 Å². The number of rotatable bonds is 2. The van der Waals surface area contributed by atoms with Crippen molar-refractivity contribution in [2.75, 3.05) is 11.9 Å². The van der Waals surface area contributed by atoms with Crippen molar-refractivity contribution in [3.63, 3.8) is 0 Å². The Balaban J connectivity index is 1.49. The molecule has 126 valence electrons. The van der Waals surface area contributed by atoms with E-state index in [2.05, 4.69) is 22.5 Å². The summed E-state index contributed by atoms with van der Waals surface area (Å²) in [7, 11) is 0. The van der Waals surface area contributed by atoms with E-state index in [0.29, 0.717) is 12.4 Å². The van der Waals surface area contributed by atoms with E-state index in [9.17, 15) is 4.79 Å². The topological polar surface area (TPSA) is 50.2 Å². The molecule has 1 N–H and O–H groups in total. The van der Waals surface area contributed by atoms with E-state index in [1.54, 1.807) is 4.68 Å². The molecule has 0 unspecified atom stereocenters. The Morgan fingerprint density at radius 3 is 2.56 bits per heavy atom. The molecule has 2 heterocycles. The van der Waals surface area contributed by atoms with Crippen molar-refractivity contribution in [2.45, 2.75) is 19.9 Å². The molecular formula is C20H20N4O. The Morgan fingerprint density at radius 2 is 1.76 bits per heavy atom. The Hall–Kier alpha value is -3.08. The van der Waals surface area contributed by atoms with E-state index >= 15 is 0 Å². The average molecular weight is 332 g/mol. The molecule has 1 aliphatic heterocycles. The van der Waals surface area contributed by atoms with Crippen molar-refractivity contribution in [3.8, 4) is 5.69 Å². The Kier molecular flexibility index (Phi) is 3.98. The summed E-state index contributed by atoms with van der Waals surface area (Å²) >= 11 is 0. The number of hydrogen-bond donors (Lipinski definition) is 1. The smallest absolute Gasteiger partial charge is 0.320 e. The van der Waals surface area contributed by atoms with Gasteiger partial charge in [0.05, 0.1) is 5.69 Å². The van der Waals surface area contributed by atoms with Gasteiger partial charge in [-0.05, 0) is 36.6 Å². The number of nitrogens with zero attached hydrogens (tertiary/aromatic N) is 3. The zero-order chi connectivity index (χ0) is 17.2. The fourth-order valence-electron chi connectivity index (χ4n) is 3.15. The summed E-state index contributed by atoms with van der Waals surface area (Å²) in [5.74, 6) is 0.604. The van der Waals surface area contributed by atoms with Gasteiger partial charge in [0.25, 0.3) is 0 Å². The molecule has 3 aromatic rings. The van der Waals surface area contributed by atoms with Crippen LogP contribution in [0.1, 0.15) is 16.7 Å². The van der Waals surface area contributed by atoms with Gasteiger partial charge in [-0.25, -0.2) is 9.48 Å². The lowest BCUT2D eigenvalue weighted by Crippen LogP contribution is -2.39. The minimum absolute atomic E-state index is 0.101. The van der Waals surface area contributed by atoms with Crippen LogP contribution >= 0.6 is 0 Å². The van der Waals surface area contributed by atoms with E-state index in [1.165, 1.54) is 11.1 Å². The van der Waals surface area contributed by atoms with Gasteiger partial charge >= 0.3 is 6.03 Å². The summed E-state index contributed by atoms with van der Waals surface area (Å²) in [6.07, 6.45) is 2.82. The molecule has 4 rings (SSSR count). The monoisotopic (exact) mass is 332 g/mol. The largest absolute Gasteiger partial charge is 0.323 e. The molecule has 0 aliphatic carbocycles. The van der Waals surface area contributed by atoms with Crippen LogP contribution in [0.5, 0.6) is 0 Å². The first kappa shape index (κ1) is 15.4. The van der Waals surface area contributed by atoms with E-state index in [0.717, 1.165) is 24.2 Å². The number of amides is 2. The van der Waals surface area contributed by atoms with Gasteiger partial charge in [-0.15, -0.1) is 5.10 Å². The zero-order valence-corrected chi connectivity index (χ0v) is 14.1. The van der Waals surface area contributed by atoms with E-state index < -0.39 is 0 Å². The van der Waals surface area contributed by atoms with Gasteiger partial charge in [-0.2, -0.15) is 0 Å². The molecule has 0 radical (unpaired) electrons. The van der Waals surface area contributed by atoms with Gasteiger partial charge in [-0.3, -0.25) is 5.32 Å². The molecule has 0 spiro atoms. The van der Waals surface area contributed by atoms with Gasteiger partial charge in [0.15, 0.2) is 5.82 Å². The summed E-state index contributed by atoms with van der Waals surface area (Å²) < 4.78 is 1.79. The average Bonchev–Trinajstić information content (AvgIpc) is 3.02. The number of urea groups is 1. The second-order valence-electron chi connectivity index (χ2n) is 6.31. The lowest BCUT2D eigenvalue weighted by Gasteiger charge is -2.28. The van der Waals surface area contributed by atoms with Crippen LogP contribution in [0.2, 0.25) is 0 Å². The van der Waals surface area contributed by atoms with Crippen LogP contribution in [0.15, 0.2) is 60.8 Å². The van der Waals surface area contributed by atoms with Gasteiger partial charge in [0, 0.05) is 24.8 Å². The summed E-state index contributed by atoms with van der Waals surface area (Å²) in [5, 5.41) is 7.47. The maximum Gasteiger partial charge on any atom is 0.323 e. The maximum absolute atomic E-state index is 12.6. The number of carbonyl (C=O) groups excluding carboxylic acids is 1. The number of hydrogen-bond acceptors (Lipinski definition) is 2. The van der Waals surface area contributed by atoms with E-state index in [-0.39, 0.29) is 6.03 Å². The zero-order valence-electron chi connectivity index (χ0n) is 14.1. The minimum atomic E-state index is -0.101. The Morgan fingerprint density at radius 1 is 1.04 bits per heavy atom. The fourth-order valence-corrected chi connectivity index (χ4v) is 3.15. The van der Waals surface area contributed by atoms with Gasteiger partial charge in [-0.1, -0.05) is 42.5 Å². The third kappa shape index (κ3) is 3.13. The van der Waals surface area contributed by atoms with Crippen LogP contribution in [-0.2, 0) is 13.0 Å². The predicted octanol–water partition coefficient (Wildman–Crippen LogP) is 3.77. The first-order valence-corrected chi connectivity index (χ1v) is 8.45. The van der Waals surface area contributed by atoms with Crippen LogP contribution in [0.4, 0.5) is 10.6 Å². The highest BCUT2D eigenvalue weighted by atomic mass is 16.2. The number of aryl methyl sites for hydroxylation is 1. The van der Waals surface area contributed by atoms with Crippen LogP contribution in [0, 0.1) is 6.92 Å². The normalized spacial score (nSPS) is 13.4. The number of fused-ring (bicyclic) bond motifs is 1. The molecule has 0 bridgehead atoms. The predicted molar refractivity (Wildman–Crippen MR) is 97.9 cm³/mol. The lowest BCUT2D eigenvalue weighted by molar-refractivity contribution is 0.206.